The summed E-state index contributed by atoms with van der Waals surface area (Å²) in [6, 6.07) is 0. The Morgan fingerprint density at radius 2 is 1.92 bits per heavy atom. The van der Waals surface area contributed by atoms with Crippen LogP contribution in [0.1, 0.15) is 0 Å². The molecule has 72 valence electrons. The minimum atomic E-state index is -2.30. The van der Waals surface area contributed by atoms with Gasteiger partial charge in [-0.3, -0.25) is 20.2 Å². The van der Waals surface area contributed by atoms with Gasteiger partial charge in [-0.05, 0) is 10.1 Å². The molecule has 6 nitrogen and oxygen atoms in total. The second-order valence-electron chi connectivity index (χ2n) is 1.97. The Hall–Kier alpha value is -1.15. The molecule has 0 saturated carbocycles. The van der Waals surface area contributed by atoms with Crippen LogP contribution in [-0.4, -0.2) is 9.85 Å². The van der Waals surface area contributed by atoms with Crippen molar-refractivity contribution in [3.63, 3.8) is 0 Å². The summed E-state index contributed by atoms with van der Waals surface area (Å²) in [6.45, 7) is 0. The Morgan fingerprint density at radius 3 is 2.15 bits per heavy atom. The molecule has 0 amide bonds. The maximum absolute atomic E-state index is 12.8. The molecule has 1 rings (SSSR count). The maximum atomic E-state index is 12.8. The van der Waals surface area contributed by atoms with Crippen LogP contribution >= 0.6 is 20.8 Å². The van der Waals surface area contributed by atoms with Crippen LogP contribution < -0.4 is 0 Å². The minimum Gasteiger partial charge on any atom is -0.258 e. The summed E-state index contributed by atoms with van der Waals surface area (Å²) in [4.78, 5) is 18.3. The molecular weight excluding hydrogens is 227 g/mol. The van der Waals surface area contributed by atoms with Crippen molar-refractivity contribution in [2.45, 2.75) is 0 Å². The van der Waals surface area contributed by atoms with Crippen LogP contribution in [0.5, 0.6) is 0 Å². The summed E-state index contributed by atoms with van der Waals surface area (Å²) < 4.78 is 12.8. The lowest BCUT2D eigenvalue weighted by molar-refractivity contribution is -0.426. The predicted octanol–water partition coefficient (Wildman–Crippen LogP) is 1.69. The number of nitrogens with zero attached hydrogens (tertiary/aromatic N) is 2. The number of allylic oxidation sites excluding steroid dienone is 1. The van der Waals surface area contributed by atoms with E-state index < -0.39 is 35.8 Å². The largest absolute Gasteiger partial charge is 0.318 e. The molecule has 0 bridgehead atoms. The molecule has 0 saturated heterocycles. The monoisotopic (exact) mass is 228 g/mol. The number of halogens is 2. The van der Waals surface area contributed by atoms with E-state index in [9.17, 15) is 24.6 Å². The van der Waals surface area contributed by atoms with E-state index in [-0.39, 0.29) is 0 Å². The van der Waals surface area contributed by atoms with Gasteiger partial charge in [0.2, 0.25) is 5.16 Å². The molecule has 0 fully saturated rings. The Bertz CT molecular complexity index is 354. The van der Waals surface area contributed by atoms with Crippen LogP contribution in [0.2, 0.25) is 0 Å². The van der Waals surface area contributed by atoms with E-state index in [1.54, 1.807) is 0 Å². The average Bonchev–Trinajstić information content (AvgIpc) is 2.29. The summed E-state index contributed by atoms with van der Waals surface area (Å²) in [5.41, 5.74) is -0.923. The second kappa shape index (κ2) is 3.30. The van der Waals surface area contributed by atoms with Crippen molar-refractivity contribution >= 4 is 20.8 Å². The summed E-state index contributed by atoms with van der Waals surface area (Å²) in [7, 11) is 2.98. The van der Waals surface area contributed by atoms with Crippen molar-refractivity contribution < 1.29 is 14.2 Å². The van der Waals surface area contributed by atoms with Gasteiger partial charge in [-0.2, -0.15) is 4.39 Å². The van der Waals surface area contributed by atoms with Gasteiger partial charge in [0.05, 0.1) is 9.85 Å². The minimum absolute atomic E-state index is 0.550. The van der Waals surface area contributed by atoms with E-state index in [4.69, 9.17) is 10.7 Å². The summed E-state index contributed by atoms with van der Waals surface area (Å²) in [5.74, 6) is 0. The van der Waals surface area contributed by atoms with Gasteiger partial charge in [0, 0.05) is 0 Å². The van der Waals surface area contributed by atoms with Gasteiger partial charge in [-0.15, -0.1) is 0 Å². The van der Waals surface area contributed by atoms with Crippen molar-refractivity contribution in [2.24, 2.45) is 0 Å². The zero-order chi connectivity index (χ0) is 10.2. The third-order valence-corrected chi connectivity index (χ3v) is 3.47. The zero-order valence-corrected chi connectivity index (χ0v) is 7.46. The highest BCUT2D eigenvalue weighted by Crippen LogP contribution is 2.54. The first-order valence-electron chi connectivity index (χ1n) is 2.81. The molecule has 0 aromatic heterocycles. The first-order valence-corrected chi connectivity index (χ1v) is 5.06. The van der Waals surface area contributed by atoms with Gasteiger partial charge in [0.1, 0.15) is 6.08 Å². The number of hydrogen-bond donors (Lipinski definition) is 1. The Kier molecular flexibility index (Phi) is 2.52. The first-order chi connectivity index (χ1) is 5.95. The number of hydrogen-bond acceptors (Lipinski definition) is 4. The van der Waals surface area contributed by atoms with Crippen LogP contribution in [0.4, 0.5) is 4.39 Å². The fourth-order valence-corrected chi connectivity index (χ4v) is 2.21. The molecule has 1 aliphatic rings. The van der Waals surface area contributed by atoms with E-state index in [1.165, 1.54) is 0 Å². The lowest BCUT2D eigenvalue weighted by Crippen LogP contribution is -1.95. The van der Waals surface area contributed by atoms with Gasteiger partial charge >= 0.3 is 10.7 Å². The van der Waals surface area contributed by atoms with E-state index >= 15 is 0 Å². The fourth-order valence-electron chi connectivity index (χ4n) is 0.692. The van der Waals surface area contributed by atoms with Crippen LogP contribution in [0.15, 0.2) is 22.0 Å². The molecule has 0 aromatic rings. The maximum Gasteiger partial charge on any atom is 0.318 e. The number of rotatable bonds is 2. The third kappa shape index (κ3) is 1.63. The molecular formula is C4H2ClFN2O4S. The SMILES string of the molecule is O=[N+]([O-])C1=CC([N+](=O)[O-])=C(F)[SH]1Cl. The van der Waals surface area contributed by atoms with E-state index in [0.717, 1.165) is 0 Å². The molecule has 0 aromatic carbocycles. The van der Waals surface area contributed by atoms with Gasteiger partial charge in [-0.25, -0.2) is 0 Å². The van der Waals surface area contributed by atoms with Gasteiger partial charge in [0.25, 0.3) is 0 Å². The molecule has 1 atom stereocenters. The van der Waals surface area contributed by atoms with Crippen LogP contribution in [0, 0.1) is 20.2 Å². The lowest BCUT2D eigenvalue weighted by atomic mass is 10.5. The van der Waals surface area contributed by atoms with Gasteiger partial charge in [-0.1, -0.05) is 10.7 Å². The Morgan fingerprint density at radius 1 is 1.38 bits per heavy atom. The van der Waals surface area contributed by atoms with Crippen molar-refractivity contribution in [2.75, 3.05) is 0 Å². The standard InChI is InChI=1S/C4H2ClFN2O4S/c5-13-3(8(11)12)1-2(4(13)6)7(9)10/h1,13H. The van der Waals surface area contributed by atoms with Crippen LogP contribution in [0.25, 0.3) is 0 Å². The molecule has 13 heavy (non-hydrogen) atoms. The molecule has 0 spiro atoms. The molecule has 1 heterocycles. The van der Waals surface area contributed by atoms with Crippen molar-refractivity contribution in [1.29, 1.82) is 0 Å². The zero-order valence-electron chi connectivity index (χ0n) is 5.81. The predicted molar refractivity (Wildman–Crippen MR) is 45.0 cm³/mol. The Balaban J connectivity index is 3.10. The summed E-state index contributed by atoms with van der Waals surface area (Å²) in [5, 5.41) is 18.4. The highest BCUT2D eigenvalue weighted by molar-refractivity contribution is 8.41. The van der Waals surface area contributed by atoms with Crippen molar-refractivity contribution in [3.8, 4) is 0 Å². The van der Waals surface area contributed by atoms with Crippen LogP contribution in [0.3, 0.4) is 0 Å². The number of thiol groups is 1. The number of nitro groups is 2. The average molecular weight is 229 g/mol. The topological polar surface area (TPSA) is 86.3 Å². The molecule has 0 N–H and O–H groups in total. The van der Waals surface area contributed by atoms with Gasteiger partial charge < -0.3 is 0 Å². The van der Waals surface area contributed by atoms with E-state index in [2.05, 4.69) is 0 Å². The highest BCUT2D eigenvalue weighted by atomic mass is 35.7. The van der Waals surface area contributed by atoms with E-state index in [0.29, 0.717) is 6.08 Å². The molecule has 9 heteroatoms. The highest BCUT2D eigenvalue weighted by Gasteiger charge is 2.38. The second-order valence-corrected chi connectivity index (χ2v) is 4.40. The third-order valence-electron chi connectivity index (χ3n) is 1.23. The van der Waals surface area contributed by atoms with Gasteiger partial charge in [0.15, 0.2) is 0 Å². The fraction of sp³-hybridized carbons (Fsp3) is 0. The molecule has 1 aliphatic heterocycles. The first kappa shape index (κ1) is 9.93. The van der Waals surface area contributed by atoms with E-state index in [1.807, 2.05) is 0 Å². The molecule has 0 aliphatic carbocycles. The quantitative estimate of drug-likeness (QED) is 0.443. The van der Waals surface area contributed by atoms with Crippen LogP contribution in [-0.2, 0) is 0 Å². The summed E-state index contributed by atoms with van der Waals surface area (Å²) >= 11 is 0. The smallest absolute Gasteiger partial charge is 0.258 e. The molecule has 0 radical (unpaired) electrons. The summed E-state index contributed by atoms with van der Waals surface area (Å²) in [6.07, 6.45) is 0.550. The normalized spacial score (nSPS) is 24.5. The lowest BCUT2D eigenvalue weighted by Gasteiger charge is -1.99. The Labute approximate surface area is 77.8 Å². The van der Waals surface area contributed by atoms with Crippen molar-refractivity contribution in [3.05, 3.63) is 42.2 Å². The molecule has 1 unspecified atom stereocenters. The van der Waals surface area contributed by atoms with Crippen molar-refractivity contribution in [1.82, 2.24) is 0 Å².